The van der Waals surface area contributed by atoms with Crippen LogP contribution in [-0.2, 0) is 17.9 Å². The molecule has 0 atom stereocenters. The van der Waals surface area contributed by atoms with Crippen molar-refractivity contribution in [2.45, 2.75) is 13.1 Å². The molecule has 0 saturated heterocycles. The monoisotopic (exact) mass is 292 g/mol. The van der Waals surface area contributed by atoms with Gasteiger partial charge < -0.3 is 10.6 Å². The topological polar surface area (TPSA) is 41.1 Å². The fraction of sp³-hybridized carbons (Fsp3) is 0.188. The van der Waals surface area contributed by atoms with Crippen molar-refractivity contribution >= 4 is 6.41 Å². The minimum absolute atomic E-state index is 0.181. The fourth-order valence-electron chi connectivity index (χ4n) is 1.57. The van der Waals surface area contributed by atoms with Crippen LogP contribution < -0.4 is 10.6 Å². The lowest BCUT2D eigenvalue weighted by Crippen LogP contribution is -2.09. The molecule has 0 aliphatic carbocycles. The first kappa shape index (κ1) is 16.8. The lowest BCUT2D eigenvalue weighted by molar-refractivity contribution is -0.109. The third-order valence-corrected chi connectivity index (χ3v) is 2.60. The van der Waals surface area contributed by atoms with Gasteiger partial charge in [0.2, 0.25) is 6.41 Å². The molecule has 1 amide bonds. The van der Waals surface area contributed by atoms with Crippen LogP contribution in [0, 0.1) is 11.6 Å². The molecule has 0 unspecified atom stereocenters. The molecule has 0 aromatic heterocycles. The predicted molar refractivity (Wildman–Crippen MR) is 78.5 cm³/mol. The van der Waals surface area contributed by atoms with Gasteiger partial charge in [0.15, 0.2) is 0 Å². The van der Waals surface area contributed by atoms with Gasteiger partial charge >= 0.3 is 0 Å². The van der Waals surface area contributed by atoms with E-state index in [1.807, 2.05) is 7.05 Å². The Hall–Kier alpha value is -2.27. The molecule has 0 bridgehead atoms. The number of halogens is 2. The molecule has 3 nitrogen and oxygen atoms in total. The van der Waals surface area contributed by atoms with Crippen LogP contribution in [0.2, 0.25) is 0 Å². The molecule has 0 spiro atoms. The minimum atomic E-state index is -0.264. The van der Waals surface area contributed by atoms with Crippen molar-refractivity contribution in [3.05, 3.63) is 71.3 Å². The molecule has 0 heterocycles. The summed E-state index contributed by atoms with van der Waals surface area (Å²) in [7, 11) is 1.86. The van der Waals surface area contributed by atoms with Crippen LogP contribution in [0.5, 0.6) is 0 Å². The van der Waals surface area contributed by atoms with Crippen molar-refractivity contribution in [3.8, 4) is 0 Å². The highest BCUT2D eigenvalue weighted by Gasteiger charge is 1.91. The highest BCUT2D eigenvalue weighted by molar-refractivity contribution is 5.46. The van der Waals surface area contributed by atoms with E-state index in [9.17, 15) is 13.6 Å². The predicted octanol–water partition coefficient (Wildman–Crippen LogP) is 2.62. The van der Waals surface area contributed by atoms with Crippen molar-refractivity contribution < 1.29 is 13.6 Å². The first-order valence-corrected chi connectivity index (χ1v) is 6.46. The second-order valence-electron chi connectivity index (χ2n) is 4.28. The molecule has 0 fully saturated rings. The van der Waals surface area contributed by atoms with Crippen molar-refractivity contribution in [2.24, 2.45) is 0 Å². The summed E-state index contributed by atoms with van der Waals surface area (Å²) in [5.41, 5.74) is 1.99. The molecule has 2 aromatic carbocycles. The molecule has 21 heavy (non-hydrogen) atoms. The summed E-state index contributed by atoms with van der Waals surface area (Å²) < 4.78 is 24.6. The highest BCUT2D eigenvalue weighted by Crippen LogP contribution is 2.01. The SMILES string of the molecule is CNCc1ccc(F)cc1.O=CNCc1ccc(F)cc1. The smallest absolute Gasteiger partial charge is 0.207 e. The molecule has 0 aliphatic rings. The second-order valence-corrected chi connectivity index (χ2v) is 4.28. The molecular formula is C16H18F2N2O. The van der Waals surface area contributed by atoms with Crippen LogP contribution in [-0.4, -0.2) is 13.5 Å². The van der Waals surface area contributed by atoms with E-state index >= 15 is 0 Å². The van der Waals surface area contributed by atoms with Gasteiger partial charge in [-0.2, -0.15) is 0 Å². The third-order valence-electron chi connectivity index (χ3n) is 2.60. The van der Waals surface area contributed by atoms with E-state index in [1.54, 1.807) is 24.3 Å². The first-order valence-electron chi connectivity index (χ1n) is 6.46. The van der Waals surface area contributed by atoms with E-state index in [1.165, 1.54) is 24.3 Å². The molecular weight excluding hydrogens is 274 g/mol. The number of carbonyl (C=O) groups excluding carboxylic acids is 1. The standard InChI is InChI=1S/C8H8FNO.C8H10FN/c9-8-3-1-7(2-4-8)5-10-6-11;1-10-6-7-2-4-8(9)5-3-7/h1-4,6H,5H2,(H,10,11);2-5,10H,6H2,1H3. The van der Waals surface area contributed by atoms with Crippen LogP contribution in [0.4, 0.5) is 8.78 Å². The Morgan fingerprint density at radius 3 is 1.67 bits per heavy atom. The van der Waals surface area contributed by atoms with Crippen LogP contribution in [0.1, 0.15) is 11.1 Å². The van der Waals surface area contributed by atoms with Gasteiger partial charge in [-0.1, -0.05) is 24.3 Å². The Kier molecular flexibility index (Phi) is 7.68. The van der Waals surface area contributed by atoms with Crippen molar-refractivity contribution in [3.63, 3.8) is 0 Å². The van der Waals surface area contributed by atoms with E-state index in [2.05, 4.69) is 10.6 Å². The van der Waals surface area contributed by atoms with Gasteiger partial charge in [0, 0.05) is 13.1 Å². The quantitative estimate of drug-likeness (QED) is 0.832. The van der Waals surface area contributed by atoms with E-state index in [4.69, 9.17) is 0 Å². The van der Waals surface area contributed by atoms with E-state index in [0.717, 1.165) is 17.7 Å². The number of rotatable bonds is 5. The molecule has 0 radical (unpaired) electrons. The Labute approximate surface area is 123 Å². The summed E-state index contributed by atoms with van der Waals surface area (Å²) in [4.78, 5) is 9.86. The Balaban J connectivity index is 0.000000211. The third kappa shape index (κ3) is 7.17. The van der Waals surface area contributed by atoms with E-state index < -0.39 is 0 Å². The molecule has 112 valence electrons. The van der Waals surface area contributed by atoms with Crippen molar-refractivity contribution in [1.82, 2.24) is 10.6 Å². The Bertz CT molecular complexity index is 527. The molecule has 0 aliphatic heterocycles. The number of hydrogen-bond donors (Lipinski definition) is 2. The fourth-order valence-corrected chi connectivity index (χ4v) is 1.57. The summed E-state index contributed by atoms with van der Waals surface area (Å²) in [6, 6.07) is 12.5. The number of carbonyl (C=O) groups is 1. The Morgan fingerprint density at radius 2 is 1.29 bits per heavy atom. The summed E-state index contributed by atoms with van der Waals surface area (Å²) in [5, 5.41) is 5.46. The maximum atomic E-state index is 12.3. The summed E-state index contributed by atoms with van der Waals surface area (Å²) in [6.45, 7) is 1.24. The zero-order valence-corrected chi connectivity index (χ0v) is 11.8. The lowest BCUT2D eigenvalue weighted by Gasteiger charge is -1.97. The number of amides is 1. The second kappa shape index (κ2) is 9.61. The van der Waals surface area contributed by atoms with Crippen LogP contribution >= 0.6 is 0 Å². The number of hydrogen-bond acceptors (Lipinski definition) is 2. The lowest BCUT2D eigenvalue weighted by atomic mass is 10.2. The van der Waals surface area contributed by atoms with Crippen LogP contribution in [0.15, 0.2) is 48.5 Å². The molecule has 5 heteroatoms. The first-order chi connectivity index (χ1) is 10.2. The molecule has 2 rings (SSSR count). The van der Waals surface area contributed by atoms with Gasteiger partial charge in [-0.3, -0.25) is 4.79 Å². The van der Waals surface area contributed by atoms with Gasteiger partial charge in [0.05, 0.1) is 0 Å². The van der Waals surface area contributed by atoms with Gasteiger partial charge in [0.1, 0.15) is 11.6 Å². The van der Waals surface area contributed by atoms with Crippen molar-refractivity contribution in [2.75, 3.05) is 7.05 Å². The summed E-state index contributed by atoms with van der Waals surface area (Å²) in [6.07, 6.45) is 0.614. The Morgan fingerprint density at radius 1 is 0.857 bits per heavy atom. The maximum Gasteiger partial charge on any atom is 0.207 e. The summed E-state index contributed by atoms with van der Waals surface area (Å²) in [5.74, 6) is -0.445. The van der Waals surface area contributed by atoms with Gasteiger partial charge in [-0.05, 0) is 42.4 Å². The highest BCUT2D eigenvalue weighted by atomic mass is 19.1. The molecule has 2 aromatic rings. The van der Waals surface area contributed by atoms with E-state index in [-0.39, 0.29) is 11.6 Å². The average molecular weight is 292 g/mol. The van der Waals surface area contributed by atoms with E-state index in [0.29, 0.717) is 13.0 Å². The average Bonchev–Trinajstić information content (AvgIpc) is 2.50. The zero-order chi connectivity index (χ0) is 15.5. The summed E-state index contributed by atoms with van der Waals surface area (Å²) >= 11 is 0. The van der Waals surface area contributed by atoms with Crippen molar-refractivity contribution in [1.29, 1.82) is 0 Å². The largest absolute Gasteiger partial charge is 0.355 e. The molecule has 0 saturated carbocycles. The zero-order valence-electron chi connectivity index (χ0n) is 11.8. The van der Waals surface area contributed by atoms with Gasteiger partial charge in [-0.15, -0.1) is 0 Å². The van der Waals surface area contributed by atoms with Crippen LogP contribution in [0.25, 0.3) is 0 Å². The van der Waals surface area contributed by atoms with Gasteiger partial charge in [-0.25, -0.2) is 8.78 Å². The van der Waals surface area contributed by atoms with Gasteiger partial charge in [0.25, 0.3) is 0 Å². The number of nitrogens with one attached hydrogen (secondary N) is 2. The number of benzene rings is 2. The van der Waals surface area contributed by atoms with Crippen LogP contribution in [0.3, 0.4) is 0 Å². The molecule has 2 N–H and O–H groups in total. The minimum Gasteiger partial charge on any atom is -0.355 e. The normalized spacial score (nSPS) is 9.48. The maximum absolute atomic E-state index is 12.3.